The van der Waals surface area contributed by atoms with E-state index in [0.29, 0.717) is 5.56 Å². The highest BCUT2D eigenvalue weighted by atomic mass is 19.1. The smallest absolute Gasteiger partial charge is 0.337 e. The van der Waals surface area contributed by atoms with Crippen molar-refractivity contribution in [3.63, 3.8) is 0 Å². The van der Waals surface area contributed by atoms with Crippen molar-refractivity contribution in [3.8, 4) is 0 Å². The highest BCUT2D eigenvalue weighted by molar-refractivity contribution is 6.02. The minimum atomic E-state index is -0.478. The monoisotopic (exact) mass is 313 g/mol. The summed E-state index contributed by atoms with van der Waals surface area (Å²) in [6.07, 6.45) is 2.87. The van der Waals surface area contributed by atoms with Crippen molar-refractivity contribution in [2.24, 2.45) is 0 Å². The number of benzene rings is 2. The number of hydrogen-bond donors (Lipinski definition) is 1. The van der Waals surface area contributed by atoms with E-state index in [0.717, 1.165) is 11.1 Å². The summed E-state index contributed by atoms with van der Waals surface area (Å²) in [6, 6.07) is 11.2. The third kappa shape index (κ3) is 4.51. The van der Waals surface area contributed by atoms with Gasteiger partial charge in [-0.15, -0.1) is 0 Å². The molecule has 0 saturated heterocycles. The van der Waals surface area contributed by atoms with E-state index >= 15 is 0 Å². The fourth-order valence-electron chi connectivity index (χ4n) is 1.92. The molecule has 0 heterocycles. The van der Waals surface area contributed by atoms with Crippen LogP contribution >= 0.6 is 0 Å². The molecule has 0 unspecified atom stereocenters. The van der Waals surface area contributed by atoms with E-state index in [4.69, 9.17) is 0 Å². The summed E-state index contributed by atoms with van der Waals surface area (Å²) in [5.74, 6) is -1.34. The fourth-order valence-corrected chi connectivity index (χ4v) is 1.92. The average molecular weight is 313 g/mol. The Morgan fingerprint density at radius 3 is 2.43 bits per heavy atom. The van der Waals surface area contributed by atoms with Crippen LogP contribution in [-0.4, -0.2) is 19.0 Å². The highest BCUT2D eigenvalue weighted by Gasteiger charge is 2.05. The van der Waals surface area contributed by atoms with E-state index in [9.17, 15) is 14.0 Å². The van der Waals surface area contributed by atoms with E-state index in [1.807, 2.05) is 0 Å². The van der Waals surface area contributed by atoms with Crippen LogP contribution in [0.1, 0.15) is 21.5 Å². The van der Waals surface area contributed by atoms with Gasteiger partial charge in [-0.2, -0.15) is 0 Å². The Kier molecular flexibility index (Phi) is 5.25. The molecular weight excluding hydrogens is 297 g/mol. The van der Waals surface area contributed by atoms with Crippen molar-refractivity contribution in [2.45, 2.75) is 6.92 Å². The van der Waals surface area contributed by atoms with Crippen molar-refractivity contribution in [3.05, 3.63) is 71.0 Å². The van der Waals surface area contributed by atoms with Crippen molar-refractivity contribution < 1.29 is 18.7 Å². The van der Waals surface area contributed by atoms with Crippen LogP contribution in [0.2, 0.25) is 0 Å². The molecule has 0 atom stereocenters. The molecule has 0 aromatic heterocycles. The number of methoxy groups -OCH3 is 1. The molecule has 118 valence electrons. The predicted molar refractivity (Wildman–Crippen MR) is 86.6 cm³/mol. The Balaban J connectivity index is 2.02. The molecule has 2 rings (SSSR count). The van der Waals surface area contributed by atoms with Gasteiger partial charge in [-0.25, -0.2) is 9.18 Å². The van der Waals surface area contributed by atoms with Crippen LogP contribution in [0, 0.1) is 12.7 Å². The van der Waals surface area contributed by atoms with Crippen molar-refractivity contribution in [1.82, 2.24) is 0 Å². The maximum atomic E-state index is 13.6. The molecule has 0 aliphatic rings. The van der Waals surface area contributed by atoms with Gasteiger partial charge in [-0.3, -0.25) is 4.79 Å². The van der Waals surface area contributed by atoms with Gasteiger partial charge >= 0.3 is 5.97 Å². The number of amides is 1. The van der Waals surface area contributed by atoms with Crippen LogP contribution in [0.4, 0.5) is 10.1 Å². The predicted octanol–water partition coefficient (Wildman–Crippen LogP) is 3.57. The zero-order valence-corrected chi connectivity index (χ0v) is 12.8. The number of aryl methyl sites for hydroxylation is 1. The molecule has 2 aromatic rings. The molecule has 0 fully saturated rings. The quantitative estimate of drug-likeness (QED) is 0.693. The Morgan fingerprint density at radius 2 is 1.83 bits per heavy atom. The number of ether oxygens (including phenoxy) is 1. The molecule has 0 saturated carbocycles. The molecule has 23 heavy (non-hydrogen) atoms. The van der Waals surface area contributed by atoms with Crippen molar-refractivity contribution in [1.29, 1.82) is 0 Å². The number of hydrogen-bond acceptors (Lipinski definition) is 3. The van der Waals surface area contributed by atoms with E-state index in [1.54, 1.807) is 43.3 Å². The Morgan fingerprint density at radius 1 is 1.13 bits per heavy atom. The summed E-state index contributed by atoms with van der Waals surface area (Å²) in [4.78, 5) is 23.1. The molecule has 0 aliphatic heterocycles. The number of nitrogens with one attached hydrogen (secondary N) is 1. The van der Waals surface area contributed by atoms with Crippen LogP contribution in [0.5, 0.6) is 0 Å². The van der Waals surface area contributed by atoms with Gasteiger partial charge < -0.3 is 10.1 Å². The molecule has 1 N–H and O–H groups in total. The summed E-state index contributed by atoms with van der Waals surface area (Å²) in [5, 5.41) is 2.47. The first kappa shape index (κ1) is 16.4. The molecule has 4 nitrogen and oxygen atoms in total. The first-order valence-corrected chi connectivity index (χ1v) is 6.93. The first-order chi connectivity index (χ1) is 11.0. The number of rotatable bonds is 4. The molecule has 1 amide bonds. The van der Waals surface area contributed by atoms with Crippen LogP contribution in [0.15, 0.2) is 48.5 Å². The number of esters is 1. The standard InChI is InChI=1S/C18H16FNO3/c1-12-3-9-16(15(19)11-12)20-17(21)10-6-13-4-7-14(8-5-13)18(22)23-2/h3-11H,1-2H3,(H,20,21)/b10-6+. The topological polar surface area (TPSA) is 55.4 Å². The van der Waals surface area contributed by atoms with Crippen LogP contribution in [0.25, 0.3) is 6.08 Å². The van der Waals surface area contributed by atoms with Crippen LogP contribution < -0.4 is 5.32 Å². The second kappa shape index (κ2) is 7.35. The summed E-state index contributed by atoms with van der Waals surface area (Å²) < 4.78 is 18.2. The van der Waals surface area contributed by atoms with Gasteiger partial charge in [-0.05, 0) is 48.4 Å². The second-order valence-electron chi connectivity index (χ2n) is 4.92. The second-order valence-corrected chi connectivity index (χ2v) is 4.92. The zero-order valence-electron chi connectivity index (χ0n) is 12.8. The maximum Gasteiger partial charge on any atom is 0.337 e. The van der Waals surface area contributed by atoms with Crippen LogP contribution in [0.3, 0.4) is 0 Å². The summed E-state index contributed by atoms with van der Waals surface area (Å²) in [6.45, 7) is 1.77. The van der Waals surface area contributed by atoms with E-state index < -0.39 is 17.7 Å². The van der Waals surface area contributed by atoms with Gasteiger partial charge in [0, 0.05) is 6.08 Å². The molecule has 0 spiro atoms. The zero-order chi connectivity index (χ0) is 16.8. The fraction of sp³-hybridized carbons (Fsp3) is 0.111. The lowest BCUT2D eigenvalue weighted by molar-refractivity contribution is -0.111. The van der Waals surface area contributed by atoms with E-state index in [2.05, 4.69) is 10.1 Å². The number of carbonyl (C=O) groups excluding carboxylic acids is 2. The highest BCUT2D eigenvalue weighted by Crippen LogP contribution is 2.15. The third-order valence-corrected chi connectivity index (χ3v) is 3.14. The lowest BCUT2D eigenvalue weighted by atomic mass is 10.1. The Bertz CT molecular complexity index is 751. The van der Waals surface area contributed by atoms with Crippen molar-refractivity contribution in [2.75, 3.05) is 12.4 Å². The largest absolute Gasteiger partial charge is 0.465 e. The van der Waals surface area contributed by atoms with Gasteiger partial charge in [0.2, 0.25) is 5.91 Å². The summed E-state index contributed by atoms with van der Waals surface area (Å²) in [7, 11) is 1.31. The number of carbonyl (C=O) groups is 2. The lowest BCUT2D eigenvalue weighted by Gasteiger charge is -2.04. The molecule has 0 radical (unpaired) electrons. The van der Waals surface area contributed by atoms with Gasteiger partial charge in [0.1, 0.15) is 5.82 Å². The minimum Gasteiger partial charge on any atom is -0.465 e. The lowest BCUT2D eigenvalue weighted by Crippen LogP contribution is -2.09. The van der Waals surface area contributed by atoms with E-state index in [1.165, 1.54) is 25.3 Å². The minimum absolute atomic E-state index is 0.131. The maximum absolute atomic E-state index is 13.6. The third-order valence-electron chi connectivity index (χ3n) is 3.14. The Hall–Kier alpha value is -2.95. The number of anilines is 1. The first-order valence-electron chi connectivity index (χ1n) is 6.93. The molecular formula is C18H16FNO3. The average Bonchev–Trinajstić information content (AvgIpc) is 2.55. The van der Waals surface area contributed by atoms with Gasteiger partial charge in [0.05, 0.1) is 18.4 Å². The molecule has 0 aliphatic carbocycles. The summed E-state index contributed by atoms with van der Waals surface area (Å²) >= 11 is 0. The van der Waals surface area contributed by atoms with Crippen LogP contribution in [-0.2, 0) is 9.53 Å². The van der Waals surface area contributed by atoms with Gasteiger partial charge in [0.25, 0.3) is 0 Å². The summed E-state index contributed by atoms with van der Waals surface area (Å²) in [5.41, 5.74) is 2.07. The molecule has 5 heteroatoms. The van der Waals surface area contributed by atoms with E-state index in [-0.39, 0.29) is 5.69 Å². The normalized spacial score (nSPS) is 10.6. The Labute approximate surface area is 133 Å². The SMILES string of the molecule is COC(=O)c1ccc(/C=C/C(=O)Nc2ccc(C)cc2F)cc1. The van der Waals surface area contributed by atoms with Gasteiger partial charge in [0.15, 0.2) is 0 Å². The molecule has 2 aromatic carbocycles. The molecule has 0 bridgehead atoms. The number of halogens is 1. The van der Waals surface area contributed by atoms with Crippen molar-refractivity contribution >= 4 is 23.6 Å². The van der Waals surface area contributed by atoms with Gasteiger partial charge in [-0.1, -0.05) is 18.2 Å².